The Morgan fingerprint density at radius 2 is 1.94 bits per heavy atom. The van der Waals surface area contributed by atoms with E-state index in [1.54, 1.807) is 36.4 Å². The third-order valence-corrected chi connectivity index (χ3v) is 5.33. The number of nitrogens with one attached hydrogen (secondary N) is 2. The smallest absolute Gasteiger partial charge is 0.250 e. The number of halogens is 2. The lowest BCUT2D eigenvalue weighted by Gasteiger charge is -2.11. The van der Waals surface area contributed by atoms with Gasteiger partial charge in [-0.2, -0.15) is 0 Å². The van der Waals surface area contributed by atoms with Crippen LogP contribution in [0.25, 0.3) is 28.3 Å². The number of carbonyl (C=O) groups excluding carboxylic acids is 1. The standard InChI is InChI=1S/C24H17Cl2N3O2S/c1-14-5-9-18-20(27-14)3-2-4-21(18)28-24(32)29-23(30)12-8-16-7-11-22(31-16)17-10-6-15(25)13-19(17)26/h2-13H,1H3,(H2,28,29,30,32)/b12-8+. The summed E-state index contributed by atoms with van der Waals surface area (Å²) in [6.45, 7) is 1.93. The van der Waals surface area contributed by atoms with Crippen LogP contribution in [0.2, 0.25) is 10.0 Å². The molecule has 2 N–H and O–H groups in total. The van der Waals surface area contributed by atoms with Crippen LogP contribution in [0.3, 0.4) is 0 Å². The van der Waals surface area contributed by atoms with Gasteiger partial charge in [-0.05, 0) is 79.8 Å². The summed E-state index contributed by atoms with van der Waals surface area (Å²) in [5, 5.41) is 7.79. The molecule has 0 aliphatic carbocycles. The summed E-state index contributed by atoms with van der Waals surface area (Å²) in [5.41, 5.74) is 3.25. The number of carbonyl (C=O) groups is 1. The number of benzene rings is 2. The molecule has 160 valence electrons. The first-order chi connectivity index (χ1) is 15.4. The summed E-state index contributed by atoms with van der Waals surface area (Å²) >= 11 is 17.4. The van der Waals surface area contributed by atoms with E-state index in [4.69, 9.17) is 39.8 Å². The lowest BCUT2D eigenvalue weighted by molar-refractivity contribution is -0.115. The maximum absolute atomic E-state index is 12.3. The van der Waals surface area contributed by atoms with Crippen LogP contribution in [0.1, 0.15) is 11.5 Å². The highest BCUT2D eigenvalue weighted by molar-refractivity contribution is 7.80. The van der Waals surface area contributed by atoms with E-state index in [1.807, 2.05) is 37.3 Å². The van der Waals surface area contributed by atoms with Crippen LogP contribution >= 0.6 is 35.4 Å². The van der Waals surface area contributed by atoms with Gasteiger partial charge in [0, 0.05) is 33.4 Å². The molecule has 0 atom stereocenters. The van der Waals surface area contributed by atoms with Crippen molar-refractivity contribution in [3.63, 3.8) is 0 Å². The fourth-order valence-electron chi connectivity index (χ4n) is 3.11. The molecule has 0 spiro atoms. The number of nitrogens with zero attached hydrogens (tertiary/aromatic N) is 1. The molecular weight excluding hydrogens is 465 g/mol. The molecule has 1 amide bonds. The summed E-state index contributed by atoms with van der Waals surface area (Å²) in [5.74, 6) is 0.679. The number of pyridine rings is 1. The SMILES string of the molecule is Cc1ccc2c(NC(=S)NC(=O)/C=C/c3ccc(-c4ccc(Cl)cc4Cl)o3)cccc2n1. The van der Waals surface area contributed by atoms with Gasteiger partial charge in [-0.15, -0.1) is 0 Å². The molecule has 0 aliphatic heterocycles. The fourth-order valence-corrected chi connectivity index (χ4v) is 3.82. The van der Waals surface area contributed by atoms with Crippen molar-refractivity contribution in [1.82, 2.24) is 10.3 Å². The quantitative estimate of drug-likeness (QED) is 0.252. The molecule has 32 heavy (non-hydrogen) atoms. The monoisotopic (exact) mass is 481 g/mol. The van der Waals surface area contributed by atoms with Gasteiger partial charge in [-0.1, -0.05) is 29.3 Å². The minimum atomic E-state index is -0.390. The normalized spacial score (nSPS) is 11.1. The first-order valence-electron chi connectivity index (χ1n) is 9.61. The molecule has 0 aliphatic rings. The number of thiocarbonyl (C=S) groups is 1. The largest absolute Gasteiger partial charge is 0.457 e. The number of fused-ring (bicyclic) bond motifs is 1. The molecule has 4 aromatic rings. The molecule has 0 saturated carbocycles. The zero-order valence-electron chi connectivity index (χ0n) is 16.9. The molecule has 2 aromatic heterocycles. The van der Waals surface area contributed by atoms with Crippen LogP contribution in [-0.4, -0.2) is 16.0 Å². The highest BCUT2D eigenvalue weighted by Gasteiger charge is 2.09. The second-order valence-electron chi connectivity index (χ2n) is 6.93. The molecule has 8 heteroatoms. The van der Waals surface area contributed by atoms with Crippen molar-refractivity contribution in [2.24, 2.45) is 0 Å². The van der Waals surface area contributed by atoms with Gasteiger partial charge < -0.3 is 9.73 Å². The zero-order valence-corrected chi connectivity index (χ0v) is 19.2. The van der Waals surface area contributed by atoms with E-state index in [-0.39, 0.29) is 11.0 Å². The number of furan rings is 1. The van der Waals surface area contributed by atoms with E-state index >= 15 is 0 Å². The highest BCUT2D eigenvalue weighted by atomic mass is 35.5. The number of aryl methyl sites for hydroxylation is 1. The predicted molar refractivity (Wildman–Crippen MR) is 134 cm³/mol. The Morgan fingerprint density at radius 1 is 1.09 bits per heavy atom. The minimum Gasteiger partial charge on any atom is -0.457 e. The van der Waals surface area contributed by atoms with Crippen LogP contribution in [0, 0.1) is 6.92 Å². The lowest BCUT2D eigenvalue weighted by atomic mass is 10.1. The summed E-state index contributed by atoms with van der Waals surface area (Å²) in [6.07, 6.45) is 2.89. The third-order valence-electron chi connectivity index (χ3n) is 4.58. The van der Waals surface area contributed by atoms with E-state index in [0.717, 1.165) is 22.3 Å². The number of anilines is 1. The Balaban J connectivity index is 1.40. The van der Waals surface area contributed by atoms with Gasteiger partial charge in [0.25, 0.3) is 0 Å². The number of rotatable bonds is 4. The van der Waals surface area contributed by atoms with Crippen LogP contribution in [0.4, 0.5) is 5.69 Å². The third kappa shape index (κ3) is 5.16. The van der Waals surface area contributed by atoms with Crippen LogP contribution in [0.15, 0.2) is 71.2 Å². The van der Waals surface area contributed by atoms with Gasteiger partial charge >= 0.3 is 0 Å². The highest BCUT2D eigenvalue weighted by Crippen LogP contribution is 2.31. The van der Waals surface area contributed by atoms with Crippen molar-refractivity contribution in [3.05, 3.63) is 88.2 Å². The molecule has 5 nitrogen and oxygen atoms in total. The summed E-state index contributed by atoms with van der Waals surface area (Å²) in [4.78, 5) is 16.8. The average Bonchev–Trinajstić information content (AvgIpc) is 3.21. The van der Waals surface area contributed by atoms with Gasteiger partial charge in [0.2, 0.25) is 5.91 Å². The van der Waals surface area contributed by atoms with E-state index < -0.39 is 0 Å². The Labute approximate surface area is 200 Å². The summed E-state index contributed by atoms with van der Waals surface area (Å²) < 4.78 is 5.75. The topological polar surface area (TPSA) is 67.2 Å². The maximum atomic E-state index is 12.3. The van der Waals surface area contributed by atoms with Crippen molar-refractivity contribution in [3.8, 4) is 11.3 Å². The maximum Gasteiger partial charge on any atom is 0.250 e. The van der Waals surface area contributed by atoms with Gasteiger partial charge in [-0.25, -0.2) is 0 Å². The Kier molecular flexibility index (Phi) is 6.55. The van der Waals surface area contributed by atoms with E-state index in [0.29, 0.717) is 27.1 Å². The molecule has 4 rings (SSSR count). The molecule has 0 radical (unpaired) electrons. The van der Waals surface area contributed by atoms with Gasteiger partial charge in [-0.3, -0.25) is 15.1 Å². The Bertz CT molecular complexity index is 1360. The van der Waals surface area contributed by atoms with Crippen molar-refractivity contribution < 1.29 is 9.21 Å². The molecule has 2 aromatic carbocycles. The van der Waals surface area contributed by atoms with E-state index in [9.17, 15) is 4.79 Å². The minimum absolute atomic E-state index is 0.181. The van der Waals surface area contributed by atoms with Gasteiger partial charge in [0.15, 0.2) is 5.11 Å². The Hall–Kier alpha value is -3.19. The van der Waals surface area contributed by atoms with Crippen molar-refractivity contribution in [2.75, 3.05) is 5.32 Å². The number of hydrogen-bond acceptors (Lipinski definition) is 4. The molecule has 0 unspecified atom stereocenters. The number of hydrogen-bond donors (Lipinski definition) is 2. The van der Waals surface area contributed by atoms with Gasteiger partial charge in [0.1, 0.15) is 11.5 Å². The van der Waals surface area contributed by atoms with E-state index in [2.05, 4.69) is 15.6 Å². The molecule has 2 heterocycles. The summed E-state index contributed by atoms with van der Waals surface area (Å²) in [7, 11) is 0. The average molecular weight is 482 g/mol. The van der Waals surface area contributed by atoms with Crippen LogP contribution in [-0.2, 0) is 4.79 Å². The van der Waals surface area contributed by atoms with Crippen LogP contribution < -0.4 is 10.6 Å². The number of amides is 1. The van der Waals surface area contributed by atoms with Crippen molar-refractivity contribution >= 4 is 69.1 Å². The molecule has 0 bridgehead atoms. The second kappa shape index (κ2) is 9.53. The first kappa shape index (κ1) is 22.0. The first-order valence-corrected chi connectivity index (χ1v) is 10.8. The van der Waals surface area contributed by atoms with Crippen molar-refractivity contribution in [2.45, 2.75) is 6.92 Å². The molecular formula is C24H17Cl2N3O2S. The predicted octanol–water partition coefficient (Wildman–Crippen LogP) is 6.64. The van der Waals surface area contributed by atoms with Crippen molar-refractivity contribution in [1.29, 1.82) is 0 Å². The number of aromatic nitrogens is 1. The lowest BCUT2D eigenvalue weighted by Crippen LogP contribution is -2.32. The zero-order chi connectivity index (χ0) is 22.7. The molecule has 0 fully saturated rings. The fraction of sp³-hybridized carbons (Fsp3) is 0.0417. The summed E-state index contributed by atoms with van der Waals surface area (Å²) in [6, 6.07) is 18.2. The second-order valence-corrected chi connectivity index (χ2v) is 8.18. The van der Waals surface area contributed by atoms with Crippen LogP contribution in [0.5, 0.6) is 0 Å². The molecule has 0 saturated heterocycles. The van der Waals surface area contributed by atoms with E-state index in [1.165, 1.54) is 6.08 Å². The van der Waals surface area contributed by atoms with Gasteiger partial charge in [0.05, 0.1) is 10.5 Å². The Morgan fingerprint density at radius 3 is 2.75 bits per heavy atom.